The number of rotatable bonds is 9. The molecular weight excluding hydrogens is 399 g/mol. The molecule has 0 heterocycles. The molecule has 5 nitrogen and oxygen atoms in total. The number of hydrogen-bond acceptors (Lipinski definition) is 4. The number of carbonyl (C=O) groups is 1. The summed E-state index contributed by atoms with van der Waals surface area (Å²) in [6, 6.07) is 12.4. The Balaban J connectivity index is 1.90. The Morgan fingerprint density at radius 1 is 1.21 bits per heavy atom. The molecule has 1 atom stereocenters. The highest BCUT2D eigenvalue weighted by atomic mass is 32.2. The molecule has 28 heavy (non-hydrogen) atoms. The Morgan fingerprint density at radius 3 is 2.57 bits per heavy atom. The van der Waals surface area contributed by atoms with Crippen LogP contribution >= 0.6 is 11.8 Å². The van der Waals surface area contributed by atoms with Gasteiger partial charge in [-0.25, -0.2) is 12.8 Å². The van der Waals surface area contributed by atoms with Gasteiger partial charge in [-0.3, -0.25) is 9.10 Å². The molecule has 152 valence electrons. The van der Waals surface area contributed by atoms with Crippen molar-refractivity contribution in [3.05, 3.63) is 65.5 Å². The van der Waals surface area contributed by atoms with Gasteiger partial charge >= 0.3 is 0 Å². The number of anilines is 1. The van der Waals surface area contributed by atoms with Crippen molar-refractivity contribution in [1.29, 1.82) is 0 Å². The zero-order valence-electron chi connectivity index (χ0n) is 16.2. The summed E-state index contributed by atoms with van der Waals surface area (Å²) in [5, 5.41) is 2.76. The van der Waals surface area contributed by atoms with E-state index in [1.165, 1.54) is 36.2 Å². The van der Waals surface area contributed by atoms with E-state index in [9.17, 15) is 17.6 Å². The zero-order chi connectivity index (χ0) is 20.7. The van der Waals surface area contributed by atoms with E-state index in [0.29, 0.717) is 12.3 Å². The minimum Gasteiger partial charge on any atom is -0.353 e. The largest absolute Gasteiger partial charge is 0.353 e. The van der Waals surface area contributed by atoms with Crippen molar-refractivity contribution in [2.45, 2.75) is 25.6 Å². The predicted octanol–water partition coefficient (Wildman–Crippen LogP) is 3.34. The van der Waals surface area contributed by atoms with Crippen LogP contribution in [0.15, 0.2) is 48.5 Å². The molecule has 2 aromatic rings. The molecule has 2 aromatic carbocycles. The van der Waals surface area contributed by atoms with Gasteiger partial charge in [0.1, 0.15) is 11.9 Å². The van der Waals surface area contributed by atoms with Crippen LogP contribution in [0.25, 0.3) is 0 Å². The third-order valence-corrected chi connectivity index (χ3v) is 6.32. The van der Waals surface area contributed by atoms with E-state index < -0.39 is 27.8 Å². The summed E-state index contributed by atoms with van der Waals surface area (Å²) < 4.78 is 38.8. The molecule has 0 radical (unpaired) electrons. The van der Waals surface area contributed by atoms with Crippen molar-refractivity contribution in [1.82, 2.24) is 5.32 Å². The van der Waals surface area contributed by atoms with Crippen LogP contribution in [0, 0.1) is 12.7 Å². The first-order valence-electron chi connectivity index (χ1n) is 8.84. The number of thioether (sulfide) groups is 1. The summed E-state index contributed by atoms with van der Waals surface area (Å²) in [7, 11) is -3.75. The summed E-state index contributed by atoms with van der Waals surface area (Å²) in [5.41, 5.74) is 2.55. The Bertz CT molecular complexity index is 919. The minimum atomic E-state index is -3.75. The number of halogens is 1. The lowest BCUT2D eigenvalue weighted by Gasteiger charge is -2.28. The van der Waals surface area contributed by atoms with Crippen LogP contribution in [0.5, 0.6) is 0 Å². The van der Waals surface area contributed by atoms with Crippen molar-refractivity contribution >= 4 is 33.4 Å². The van der Waals surface area contributed by atoms with Crippen LogP contribution in [-0.4, -0.2) is 38.9 Å². The Kier molecular flexibility index (Phi) is 7.88. The lowest BCUT2D eigenvalue weighted by atomic mass is 10.2. The molecule has 2 rings (SSSR count). The third-order valence-electron chi connectivity index (χ3n) is 4.05. The number of benzene rings is 2. The molecule has 0 spiro atoms. The fraction of sp³-hybridized carbons (Fsp3) is 0.350. The number of aryl methyl sites for hydroxylation is 1. The fourth-order valence-corrected chi connectivity index (χ4v) is 4.78. The van der Waals surface area contributed by atoms with Crippen molar-refractivity contribution in [3.8, 4) is 0 Å². The average Bonchev–Trinajstić information content (AvgIpc) is 2.60. The molecule has 0 aromatic heterocycles. The molecular formula is C20H25FN2O3S2. The van der Waals surface area contributed by atoms with Crippen molar-refractivity contribution in [2.24, 2.45) is 0 Å². The quantitative estimate of drug-likeness (QED) is 0.627. The molecule has 8 heteroatoms. The number of sulfonamides is 1. The molecule has 1 N–H and O–H groups in total. The zero-order valence-corrected chi connectivity index (χ0v) is 17.8. The lowest BCUT2D eigenvalue weighted by Crippen LogP contribution is -2.48. The van der Waals surface area contributed by atoms with Gasteiger partial charge in [0.15, 0.2) is 0 Å². The lowest BCUT2D eigenvalue weighted by molar-refractivity contribution is -0.121. The van der Waals surface area contributed by atoms with E-state index in [4.69, 9.17) is 0 Å². The number of nitrogens with zero attached hydrogens (tertiary/aromatic N) is 1. The van der Waals surface area contributed by atoms with E-state index in [1.807, 2.05) is 19.1 Å². The summed E-state index contributed by atoms with van der Waals surface area (Å²) in [6.45, 7) is 3.95. The topological polar surface area (TPSA) is 66.5 Å². The second-order valence-electron chi connectivity index (χ2n) is 6.55. The first kappa shape index (κ1) is 22.2. The Hall–Kier alpha value is -2.06. The maximum Gasteiger partial charge on any atom is 0.243 e. The van der Waals surface area contributed by atoms with Crippen molar-refractivity contribution in [2.75, 3.05) is 22.9 Å². The van der Waals surface area contributed by atoms with Crippen molar-refractivity contribution in [3.63, 3.8) is 0 Å². The van der Waals surface area contributed by atoms with Gasteiger partial charge in [-0.05, 0) is 37.6 Å². The normalized spacial score (nSPS) is 12.4. The molecule has 0 fully saturated rings. The van der Waals surface area contributed by atoms with Crippen LogP contribution < -0.4 is 9.62 Å². The SMILES string of the molecule is Cc1cccc(CSCCNC(=O)C(C)N(c2cccc(F)c2)S(C)(=O)=O)c1. The van der Waals surface area contributed by atoms with Gasteiger partial charge in [-0.1, -0.05) is 35.9 Å². The van der Waals surface area contributed by atoms with Crippen LogP contribution in [0.2, 0.25) is 0 Å². The van der Waals surface area contributed by atoms with Crippen LogP contribution in [0.3, 0.4) is 0 Å². The van der Waals surface area contributed by atoms with Gasteiger partial charge in [0.25, 0.3) is 0 Å². The summed E-state index contributed by atoms with van der Waals surface area (Å²) in [4.78, 5) is 12.4. The maximum atomic E-state index is 13.5. The molecule has 1 amide bonds. The van der Waals surface area contributed by atoms with Gasteiger partial charge < -0.3 is 5.32 Å². The highest BCUT2D eigenvalue weighted by Crippen LogP contribution is 2.21. The van der Waals surface area contributed by atoms with E-state index >= 15 is 0 Å². The predicted molar refractivity (Wildman–Crippen MR) is 114 cm³/mol. The third kappa shape index (κ3) is 6.53. The average molecular weight is 425 g/mol. The maximum absolute atomic E-state index is 13.5. The summed E-state index contributed by atoms with van der Waals surface area (Å²) in [6.07, 6.45) is 0.999. The van der Waals surface area contributed by atoms with Gasteiger partial charge in [-0.2, -0.15) is 11.8 Å². The molecule has 0 saturated heterocycles. The Morgan fingerprint density at radius 2 is 1.93 bits per heavy atom. The molecule has 0 aliphatic heterocycles. The second kappa shape index (κ2) is 9.93. The van der Waals surface area contributed by atoms with Gasteiger partial charge in [0.2, 0.25) is 15.9 Å². The monoisotopic (exact) mass is 424 g/mol. The number of nitrogens with one attached hydrogen (secondary N) is 1. The highest BCUT2D eigenvalue weighted by Gasteiger charge is 2.29. The van der Waals surface area contributed by atoms with Crippen LogP contribution in [0.1, 0.15) is 18.1 Å². The highest BCUT2D eigenvalue weighted by molar-refractivity contribution is 7.98. The number of hydrogen-bond donors (Lipinski definition) is 1. The summed E-state index contributed by atoms with van der Waals surface area (Å²) in [5.74, 6) is 0.550. The van der Waals surface area contributed by atoms with Gasteiger partial charge in [0.05, 0.1) is 11.9 Å². The van der Waals surface area contributed by atoms with E-state index in [1.54, 1.807) is 11.8 Å². The first-order chi connectivity index (χ1) is 13.2. The Labute approximate surface area is 170 Å². The van der Waals surface area contributed by atoms with Crippen molar-refractivity contribution < 1.29 is 17.6 Å². The molecule has 0 saturated carbocycles. The van der Waals surface area contributed by atoms with Gasteiger partial charge in [-0.15, -0.1) is 0 Å². The molecule has 0 bridgehead atoms. The standard InChI is InChI=1S/C20H25FN2O3S2/c1-15-6-4-7-17(12-15)14-27-11-10-22-20(24)16(2)23(28(3,25)26)19-9-5-8-18(21)13-19/h4-9,12-13,16H,10-11,14H2,1-3H3,(H,22,24). The summed E-state index contributed by atoms with van der Waals surface area (Å²) >= 11 is 1.68. The van der Waals surface area contributed by atoms with E-state index in [2.05, 4.69) is 17.4 Å². The van der Waals surface area contributed by atoms with Crippen LogP contribution in [0.4, 0.5) is 10.1 Å². The second-order valence-corrected chi connectivity index (χ2v) is 9.51. The number of carbonyl (C=O) groups excluding carboxylic acids is 1. The van der Waals surface area contributed by atoms with E-state index in [0.717, 1.165) is 22.4 Å². The fourth-order valence-electron chi connectivity index (χ4n) is 2.81. The van der Waals surface area contributed by atoms with Crippen LogP contribution in [-0.2, 0) is 20.6 Å². The molecule has 0 aliphatic carbocycles. The number of amides is 1. The minimum absolute atomic E-state index is 0.124. The molecule has 0 aliphatic rings. The molecule has 1 unspecified atom stereocenters. The van der Waals surface area contributed by atoms with Gasteiger partial charge in [0, 0.05) is 18.1 Å². The first-order valence-corrected chi connectivity index (χ1v) is 11.8. The smallest absolute Gasteiger partial charge is 0.243 e. The van der Waals surface area contributed by atoms with E-state index in [-0.39, 0.29) is 5.69 Å².